The van der Waals surface area contributed by atoms with Gasteiger partial charge in [0, 0.05) is 62.2 Å². The Balaban J connectivity index is 1.39. The molecular weight excluding hydrogens is 488 g/mol. The van der Waals surface area contributed by atoms with Crippen molar-refractivity contribution in [2.75, 3.05) is 43.2 Å². The molecule has 1 fully saturated rings. The Morgan fingerprint density at radius 2 is 1.95 bits per heavy atom. The molecule has 3 N–H and O–H groups in total. The summed E-state index contributed by atoms with van der Waals surface area (Å²) in [6.07, 6.45) is 4.67. The minimum absolute atomic E-state index is 0.170. The molecule has 0 amide bonds. The molecule has 5 heterocycles. The fourth-order valence-corrected chi connectivity index (χ4v) is 4.52. The van der Waals surface area contributed by atoms with Gasteiger partial charge in [0.2, 0.25) is 5.95 Å². The summed E-state index contributed by atoms with van der Waals surface area (Å²) in [7, 11) is 3.79. The maximum atomic E-state index is 11.6. The van der Waals surface area contributed by atoms with E-state index in [1.54, 1.807) is 0 Å². The van der Waals surface area contributed by atoms with Crippen molar-refractivity contribution in [3.8, 4) is 11.4 Å². The topological polar surface area (TPSA) is 153 Å². The zero-order chi connectivity index (χ0) is 26.2. The molecule has 5 aromatic rings. The fraction of sp³-hybridized carbons (Fsp3) is 0.280. The van der Waals surface area contributed by atoms with Gasteiger partial charge in [-0.2, -0.15) is 5.90 Å². The van der Waals surface area contributed by atoms with Crippen LogP contribution in [0.2, 0.25) is 0 Å². The van der Waals surface area contributed by atoms with E-state index in [2.05, 4.69) is 30.8 Å². The molecule has 38 heavy (non-hydrogen) atoms. The Morgan fingerprint density at radius 3 is 2.71 bits per heavy atom. The average molecular weight is 515 g/mol. The first-order valence-electron chi connectivity index (χ1n) is 12.1. The molecule has 1 aliphatic heterocycles. The number of fused-ring (bicyclic) bond motifs is 2. The first kappa shape index (κ1) is 23.8. The number of rotatable bonds is 6. The SMILES string of the molecule is CN(Cc1nc2c(N3CCOCC3)nc(-c3ccc4[nH]ccc4c3)nc2n1C)c1ncc(C(=O)ON)cn1. The van der Waals surface area contributed by atoms with Crippen LogP contribution in [0.25, 0.3) is 33.5 Å². The molecular formula is C25H26N10O3. The molecule has 1 saturated heterocycles. The summed E-state index contributed by atoms with van der Waals surface area (Å²) in [5.74, 6) is 6.85. The lowest BCUT2D eigenvalue weighted by molar-refractivity contribution is 0.0502. The fourth-order valence-electron chi connectivity index (χ4n) is 4.52. The number of H-pyrrole nitrogens is 1. The Hall–Kier alpha value is -4.62. The molecule has 0 radical (unpaired) electrons. The predicted molar refractivity (Wildman–Crippen MR) is 140 cm³/mol. The third-order valence-corrected chi connectivity index (χ3v) is 6.62. The van der Waals surface area contributed by atoms with Crippen molar-refractivity contribution in [3.05, 3.63) is 54.2 Å². The first-order valence-corrected chi connectivity index (χ1v) is 12.1. The third-order valence-electron chi connectivity index (χ3n) is 6.62. The quantitative estimate of drug-likeness (QED) is 0.319. The highest BCUT2D eigenvalue weighted by molar-refractivity contribution is 5.89. The van der Waals surface area contributed by atoms with Gasteiger partial charge in [-0.15, -0.1) is 0 Å². The summed E-state index contributed by atoms with van der Waals surface area (Å²) in [6, 6.07) is 8.18. The van der Waals surface area contributed by atoms with Gasteiger partial charge >= 0.3 is 5.97 Å². The first-order chi connectivity index (χ1) is 18.5. The van der Waals surface area contributed by atoms with Crippen LogP contribution < -0.4 is 15.7 Å². The molecule has 0 spiro atoms. The summed E-state index contributed by atoms with van der Waals surface area (Å²) >= 11 is 0. The minimum atomic E-state index is -0.699. The van der Waals surface area contributed by atoms with Crippen LogP contribution in [-0.2, 0) is 23.2 Å². The molecule has 1 aromatic carbocycles. The predicted octanol–water partition coefficient (Wildman–Crippen LogP) is 1.81. The molecule has 13 nitrogen and oxygen atoms in total. The van der Waals surface area contributed by atoms with E-state index in [1.165, 1.54) is 12.4 Å². The van der Waals surface area contributed by atoms with Gasteiger partial charge < -0.3 is 28.9 Å². The van der Waals surface area contributed by atoms with Crippen molar-refractivity contribution in [2.45, 2.75) is 6.54 Å². The van der Waals surface area contributed by atoms with Crippen LogP contribution in [0, 0.1) is 0 Å². The van der Waals surface area contributed by atoms with E-state index in [9.17, 15) is 4.79 Å². The van der Waals surface area contributed by atoms with Gasteiger partial charge in [-0.05, 0) is 24.3 Å². The lowest BCUT2D eigenvalue weighted by atomic mass is 10.1. The van der Waals surface area contributed by atoms with Gasteiger partial charge in [0.15, 0.2) is 22.8 Å². The van der Waals surface area contributed by atoms with Crippen molar-refractivity contribution in [1.82, 2.24) is 34.5 Å². The number of nitrogens with one attached hydrogen (secondary N) is 1. The van der Waals surface area contributed by atoms with E-state index >= 15 is 0 Å². The van der Waals surface area contributed by atoms with Crippen molar-refractivity contribution in [3.63, 3.8) is 0 Å². The number of nitrogens with two attached hydrogens (primary N) is 1. The molecule has 4 aromatic heterocycles. The zero-order valence-corrected chi connectivity index (χ0v) is 21.0. The maximum absolute atomic E-state index is 11.6. The summed E-state index contributed by atoms with van der Waals surface area (Å²) in [4.78, 5) is 46.5. The molecule has 0 atom stereocenters. The molecule has 0 saturated carbocycles. The van der Waals surface area contributed by atoms with E-state index in [-0.39, 0.29) is 5.56 Å². The normalized spacial score (nSPS) is 13.8. The number of benzene rings is 1. The van der Waals surface area contributed by atoms with Crippen LogP contribution >= 0.6 is 0 Å². The summed E-state index contributed by atoms with van der Waals surface area (Å²) in [5.41, 5.74) is 3.62. The van der Waals surface area contributed by atoms with Gasteiger partial charge in [0.1, 0.15) is 5.82 Å². The lowest BCUT2D eigenvalue weighted by Crippen LogP contribution is -2.37. The van der Waals surface area contributed by atoms with Crippen LogP contribution in [-0.4, -0.2) is 73.8 Å². The number of carbonyl (C=O) groups is 1. The van der Waals surface area contributed by atoms with E-state index in [4.69, 9.17) is 25.6 Å². The summed E-state index contributed by atoms with van der Waals surface area (Å²) in [6.45, 7) is 3.10. The number of hydrogen-bond acceptors (Lipinski definition) is 11. The van der Waals surface area contributed by atoms with E-state index in [0.717, 1.165) is 52.4 Å². The molecule has 1 aliphatic rings. The smallest absolute Gasteiger partial charge is 0.359 e. The molecule has 0 unspecified atom stereocenters. The van der Waals surface area contributed by atoms with Crippen molar-refractivity contribution in [2.24, 2.45) is 12.9 Å². The molecule has 0 aliphatic carbocycles. The highest BCUT2D eigenvalue weighted by atomic mass is 16.7. The highest BCUT2D eigenvalue weighted by Crippen LogP contribution is 2.30. The van der Waals surface area contributed by atoms with Gasteiger partial charge in [-0.1, -0.05) is 0 Å². The second-order valence-corrected chi connectivity index (χ2v) is 9.04. The second kappa shape index (κ2) is 9.68. The monoisotopic (exact) mass is 514 g/mol. The number of imidazole rings is 1. The van der Waals surface area contributed by atoms with Crippen molar-refractivity contribution < 1.29 is 14.4 Å². The molecule has 13 heteroatoms. The van der Waals surface area contributed by atoms with E-state index in [0.29, 0.717) is 31.5 Å². The lowest BCUT2D eigenvalue weighted by Gasteiger charge is -2.28. The van der Waals surface area contributed by atoms with Crippen LogP contribution in [0.4, 0.5) is 11.8 Å². The second-order valence-electron chi connectivity index (χ2n) is 9.04. The number of nitrogens with zero attached hydrogens (tertiary/aromatic N) is 8. The number of aryl methyl sites for hydroxylation is 1. The van der Waals surface area contributed by atoms with Gasteiger partial charge in [0.25, 0.3) is 0 Å². The van der Waals surface area contributed by atoms with Crippen LogP contribution in [0.5, 0.6) is 0 Å². The molecule has 194 valence electrons. The third kappa shape index (κ3) is 4.27. The molecule has 6 rings (SSSR count). The number of carbonyl (C=O) groups excluding carboxylic acids is 1. The summed E-state index contributed by atoms with van der Waals surface area (Å²) < 4.78 is 7.55. The summed E-state index contributed by atoms with van der Waals surface area (Å²) in [5, 5.41) is 1.09. The van der Waals surface area contributed by atoms with Gasteiger partial charge in [-0.25, -0.2) is 29.7 Å². The van der Waals surface area contributed by atoms with E-state index < -0.39 is 5.97 Å². The minimum Gasteiger partial charge on any atom is -0.378 e. The number of aromatic amines is 1. The maximum Gasteiger partial charge on any atom is 0.359 e. The van der Waals surface area contributed by atoms with Crippen LogP contribution in [0.3, 0.4) is 0 Å². The molecule has 0 bridgehead atoms. The van der Waals surface area contributed by atoms with Crippen LogP contribution in [0.15, 0.2) is 42.9 Å². The number of hydrogen-bond donors (Lipinski definition) is 2. The van der Waals surface area contributed by atoms with Gasteiger partial charge in [0.05, 0.1) is 25.3 Å². The van der Waals surface area contributed by atoms with Gasteiger partial charge in [-0.3, -0.25) is 0 Å². The highest BCUT2D eigenvalue weighted by Gasteiger charge is 2.23. The Morgan fingerprint density at radius 1 is 1.16 bits per heavy atom. The Kier molecular flexibility index (Phi) is 6.05. The number of ether oxygens (including phenoxy) is 1. The average Bonchev–Trinajstić information content (AvgIpc) is 3.56. The largest absolute Gasteiger partial charge is 0.378 e. The van der Waals surface area contributed by atoms with Crippen molar-refractivity contribution >= 4 is 39.8 Å². The Bertz CT molecular complexity index is 1620. The Labute approximate surface area is 217 Å². The van der Waals surface area contributed by atoms with Crippen LogP contribution in [0.1, 0.15) is 16.2 Å². The van der Waals surface area contributed by atoms with Crippen molar-refractivity contribution in [1.29, 1.82) is 0 Å². The zero-order valence-electron chi connectivity index (χ0n) is 21.0. The number of aromatic nitrogens is 7. The number of anilines is 2. The number of morpholine rings is 1. The standard InChI is InChI=1S/C25H26N10O3/c1-33(25-28-12-17(13-29-25)24(36)38-26)14-19-30-20-22(34(19)2)31-21(32-23(20)35-7-9-37-10-8-35)16-3-4-18-15(11-16)5-6-27-18/h3-6,11-13,27H,7-10,14,26H2,1-2H3. The van der Waals surface area contributed by atoms with E-state index in [1.807, 2.05) is 48.0 Å².